The molecule has 11 heteroatoms. The summed E-state index contributed by atoms with van der Waals surface area (Å²) in [6, 6.07) is -0.840. The maximum Gasteiger partial charge on any atom is 0.305 e. The van der Waals surface area contributed by atoms with Gasteiger partial charge in [-0.15, -0.1) is 0 Å². The molecule has 77 heavy (non-hydrogen) atoms. The molecule has 7 atom stereocenters. The molecule has 0 aromatic heterocycles. The van der Waals surface area contributed by atoms with Crippen molar-refractivity contribution in [2.75, 3.05) is 19.8 Å². The normalized spacial score (nSPS) is 19.1. The standard InChI is InChI=1S/C66H117NO10/c1-3-5-7-9-11-13-14-15-16-17-25-28-31-34-38-42-46-50-54-62(71)75-55-51-47-43-39-35-32-29-26-23-21-19-18-20-22-24-27-30-33-37-41-45-49-53-61(70)67-58(59(69)52-48-44-40-36-12-10-8-6-4-2)57-76-66-65(74)64(73)63(72)60(56-68)77-66/h4,6,12-14,16-17,20,22,36,48,52,58-60,63-66,68-69,72-74H,3,5,7-11,15,18-19,21,23-35,37-47,49-51,53-57H2,1-2H3,(H,67,70)/b6-4+,14-13-,17-16-,22-20-,36-12+,52-48+. The molecule has 6 N–H and O–H groups in total. The fourth-order valence-electron chi connectivity index (χ4n) is 9.56. The number of aliphatic hydroxyl groups excluding tert-OH is 5. The maximum absolute atomic E-state index is 13.0. The molecule has 0 aromatic carbocycles. The number of carbonyl (C=O) groups excluding carboxylic acids is 2. The number of unbranched alkanes of at least 4 members (excludes halogenated alkanes) is 31. The number of ether oxygens (including phenoxy) is 3. The lowest BCUT2D eigenvalue weighted by atomic mass is 9.99. The fraction of sp³-hybridized carbons (Fsp3) is 0.788. The summed E-state index contributed by atoms with van der Waals surface area (Å²) in [4.78, 5) is 25.1. The van der Waals surface area contributed by atoms with Crippen LogP contribution in [-0.2, 0) is 23.8 Å². The lowest BCUT2D eigenvalue weighted by molar-refractivity contribution is -0.302. The number of carbonyl (C=O) groups is 2. The van der Waals surface area contributed by atoms with Crippen LogP contribution in [0, 0.1) is 0 Å². The van der Waals surface area contributed by atoms with Gasteiger partial charge in [-0.3, -0.25) is 9.59 Å². The van der Waals surface area contributed by atoms with Crippen molar-refractivity contribution in [2.24, 2.45) is 0 Å². The number of nitrogens with one attached hydrogen (secondary N) is 1. The van der Waals surface area contributed by atoms with Gasteiger partial charge in [-0.2, -0.15) is 0 Å². The van der Waals surface area contributed by atoms with Crippen LogP contribution in [0.25, 0.3) is 0 Å². The SMILES string of the molecule is C/C=C/CC/C=C/CC/C=C/C(O)C(COC1OC(CO)C(O)C(O)C1O)NC(=O)CCCCCCCCC/C=C\CCCCCCCCCCCCCOC(=O)CCCCCCCCC/C=C\C/C=C\CCCCCC. The lowest BCUT2D eigenvalue weighted by Crippen LogP contribution is -2.60. The van der Waals surface area contributed by atoms with E-state index in [0.29, 0.717) is 25.9 Å². The maximum atomic E-state index is 13.0. The minimum Gasteiger partial charge on any atom is -0.466 e. The first-order valence-corrected chi connectivity index (χ1v) is 31.7. The zero-order valence-corrected chi connectivity index (χ0v) is 49.2. The highest BCUT2D eigenvalue weighted by Gasteiger charge is 2.44. The van der Waals surface area contributed by atoms with Gasteiger partial charge < -0.3 is 45.1 Å². The Kier molecular flexibility index (Phi) is 51.5. The molecule has 1 rings (SSSR count). The van der Waals surface area contributed by atoms with E-state index in [-0.39, 0.29) is 18.5 Å². The predicted molar refractivity (Wildman–Crippen MR) is 319 cm³/mol. The topological polar surface area (TPSA) is 175 Å². The first kappa shape index (κ1) is 72.1. The van der Waals surface area contributed by atoms with Crippen molar-refractivity contribution in [2.45, 2.75) is 314 Å². The number of hydrogen-bond donors (Lipinski definition) is 6. The Morgan fingerprint density at radius 3 is 1.44 bits per heavy atom. The summed E-state index contributed by atoms with van der Waals surface area (Å²) in [7, 11) is 0. The highest BCUT2D eigenvalue weighted by Crippen LogP contribution is 2.23. The summed E-state index contributed by atoms with van der Waals surface area (Å²) in [5, 5.41) is 54.1. The van der Waals surface area contributed by atoms with Crippen LogP contribution in [0.4, 0.5) is 0 Å². The van der Waals surface area contributed by atoms with Gasteiger partial charge in [-0.25, -0.2) is 0 Å². The first-order chi connectivity index (χ1) is 37.7. The Morgan fingerprint density at radius 1 is 0.506 bits per heavy atom. The molecule has 0 saturated carbocycles. The van der Waals surface area contributed by atoms with Crippen LogP contribution in [0.5, 0.6) is 0 Å². The van der Waals surface area contributed by atoms with Gasteiger partial charge in [-0.05, 0) is 110 Å². The van der Waals surface area contributed by atoms with E-state index in [1.165, 1.54) is 154 Å². The average Bonchev–Trinajstić information content (AvgIpc) is 3.43. The fourth-order valence-corrected chi connectivity index (χ4v) is 9.56. The Balaban J connectivity index is 1.98. The Morgan fingerprint density at radius 2 is 0.935 bits per heavy atom. The highest BCUT2D eigenvalue weighted by molar-refractivity contribution is 5.76. The molecule has 0 radical (unpaired) electrons. The molecule has 0 spiro atoms. The number of aliphatic hydroxyl groups is 5. The summed E-state index contributed by atoms with van der Waals surface area (Å²) in [5.74, 6) is -0.219. The van der Waals surface area contributed by atoms with Crippen molar-refractivity contribution in [1.82, 2.24) is 5.32 Å². The van der Waals surface area contributed by atoms with Gasteiger partial charge in [0.05, 0.1) is 32.0 Å². The van der Waals surface area contributed by atoms with Crippen molar-refractivity contribution in [3.63, 3.8) is 0 Å². The monoisotopic (exact) mass is 1080 g/mol. The van der Waals surface area contributed by atoms with E-state index in [2.05, 4.69) is 66.9 Å². The molecular weight excluding hydrogens is 967 g/mol. The molecule has 1 saturated heterocycles. The lowest BCUT2D eigenvalue weighted by Gasteiger charge is -2.40. The van der Waals surface area contributed by atoms with E-state index >= 15 is 0 Å². The molecule has 1 fully saturated rings. The van der Waals surface area contributed by atoms with E-state index in [9.17, 15) is 35.1 Å². The van der Waals surface area contributed by atoms with Crippen molar-refractivity contribution >= 4 is 11.9 Å². The molecule has 446 valence electrons. The molecule has 0 bridgehead atoms. The molecule has 7 unspecified atom stereocenters. The van der Waals surface area contributed by atoms with Crippen LogP contribution in [-0.4, -0.2) is 100 Å². The van der Waals surface area contributed by atoms with Gasteiger partial charge in [0.2, 0.25) is 5.91 Å². The summed E-state index contributed by atoms with van der Waals surface area (Å²) >= 11 is 0. The second kappa shape index (κ2) is 55.0. The largest absolute Gasteiger partial charge is 0.466 e. The Labute approximate surface area is 471 Å². The molecule has 1 aliphatic rings. The van der Waals surface area contributed by atoms with E-state index in [1.807, 2.05) is 19.1 Å². The van der Waals surface area contributed by atoms with Gasteiger partial charge in [0.1, 0.15) is 24.4 Å². The summed E-state index contributed by atoms with van der Waals surface area (Å²) < 4.78 is 16.7. The van der Waals surface area contributed by atoms with E-state index < -0.39 is 49.5 Å². The zero-order valence-electron chi connectivity index (χ0n) is 49.2. The van der Waals surface area contributed by atoms with Crippen molar-refractivity contribution < 1.29 is 49.3 Å². The second-order valence-electron chi connectivity index (χ2n) is 21.7. The minimum atomic E-state index is -1.58. The summed E-state index contributed by atoms with van der Waals surface area (Å²) in [6.07, 6.45) is 63.3. The first-order valence-electron chi connectivity index (χ1n) is 31.7. The molecule has 0 aliphatic carbocycles. The molecule has 1 heterocycles. The third-order valence-electron chi connectivity index (χ3n) is 14.6. The van der Waals surface area contributed by atoms with Crippen molar-refractivity contribution in [1.29, 1.82) is 0 Å². The van der Waals surface area contributed by atoms with Gasteiger partial charge in [-0.1, -0.05) is 221 Å². The number of allylic oxidation sites excluding steroid dienone is 11. The van der Waals surface area contributed by atoms with Gasteiger partial charge in [0, 0.05) is 12.8 Å². The second-order valence-corrected chi connectivity index (χ2v) is 21.7. The minimum absolute atomic E-state index is 0.0116. The summed E-state index contributed by atoms with van der Waals surface area (Å²) in [5.41, 5.74) is 0. The van der Waals surface area contributed by atoms with Crippen LogP contribution in [0.2, 0.25) is 0 Å². The van der Waals surface area contributed by atoms with Crippen LogP contribution in [0.1, 0.15) is 271 Å². The quantitative estimate of drug-likeness (QED) is 0.0195. The van der Waals surface area contributed by atoms with E-state index in [1.54, 1.807) is 6.08 Å². The zero-order chi connectivity index (χ0) is 55.9. The molecule has 1 aliphatic heterocycles. The molecule has 1 amide bonds. The molecule has 0 aromatic rings. The van der Waals surface area contributed by atoms with Gasteiger partial charge in [0.25, 0.3) is 0 Å². The number of amides is 1. The Bertz CT molecular complexity index is 1510. The van der Waals surface area contributed by atoms with Crippen LogP contribution < -0.4 is 5.32 Å². The third-order valence-corrected chi connectivity index (χ3v) is 14.6. The number of hydrogen-bond acceptors (Lipinski definition) is 10. The third kappa shape index (κ3) is 44.5. The predicted octanol–water partition coefficient (Wildman–Crippen LogP) is 15.2. The van der Waals surface area contributed by atoms with Crippen LogP contribution >= 0.6 is 0 Å². The average molecular weight is 1080 g/mol. The van der Waals surface area contributed by atoms with Gasteiger partial charge >= 0.3 is 5.97 Å². The number of esters is 1. The van der Waals surface area contributed by atoms with Crippen LogP contribution in [0.15, 0.2) is 72.9 Å². The van der Waals surface area contributed by atoms with Crippen LogP contribution in [0.3, 0.4) is 0 Å². The highest BCUT2D eigenvalue weighted by atomic mass is 16.7. The van der Waals surface area contributed by atoms with E-state index in [0.717, 1.165) is 83.5 Å². The smallest absolute Gasteiger partial charge is 0.305 e. The van der Waals surface area contributed by atoms with Gasteiger partial charge in [0.15, 0.2) is 6.29 Å². The van der Waals surface area contributed by atoms with Crippen molar-refractivity contribution in [3.05, 3.63) is 72.9 Å². The number of rotatable bonds is 54. The van der Waals surface area contributed by atoms with E-state index in [4.69, 9.17) is 14.2 Å². The Hall–Kier alpha value is -2.90. The van der Waals surface area contributed by atoms with Crippen molar-refractivity contribution in [3.8, 4) is 0 Å². The molecule has 11 nitrogen and oxygen atoms in total. The molecular formula is C66H117NO10. The summed E-state index contributed by atoms with van der Waals surface area (Å²) in [6.45, 7) is 4.06.